The van der Waals surface area contributed by atoms with Crippen LogP contribution in [0.2, 0.25) is 0 Å². The van der Waals surface area contributed by atoms with E-state index in [0.29, 0.717) is 11.6 Å². The van der Waals surface area contributed by atoms with Crippen molar-refractivity contribution in [3.8, 4) is 0 Å². The van der Waals surface area contributed by atoms with E-state index >= 15 is 0 Å². The van der Waals surface area contributed by atoms with E-state index < -0.39 is 0 Å². The fourth-order valence-electron chi connectivity index (χ4n) is 1.43. The molecule has 0 aromatic heterocycles. The van der Waals surface area contributed by atoms with Gasteiger partial charge in [-0.15, -0.1) is 12.4 Å². The van der Waals surface area contributed by atoms with Crippen LogP contribution in [0.4, 0.5) is 0 Å². The Balaban J connectivity index is 0.00000128. The summed E-state index contributed by atoms with van der Waals surface area (Å²) in [6.45, 7) is 1.93. The third-order valence-corrected chi connectivity index (χ3v) is 2.61. The molecule has 0 spiro atoms. The highest BCUT2D eigenvalue weighted by Crippen LogP contribution is 2.19. The number of carbonyl (C=O) groups is 1. The van der Waals surface area contributed by atoms with Gasteiger partial charge in [0, 0.05) is 17.6 Å². The van der Waals surface area contributed by atoms with E-state index in [1.807, 2.05) is 31.2 Å². The van der Waals surface area contributed by atoms with E-state index in [1.54, 1.807) is 0 Å². The standard InChI is InChI=1S/C12H16N2O.ClH/c1-8(13)9-2-4-10(5-3-9)12(15)14-11-6-7-11;/h2-5,8,11H,6-7,13H2,1H3,(H,14,15);1H/t8-;/m0./s1. The fourth-order valence-corrected chi connectivity index (χ4v) is 1.43. The molecule has 3 nitrogen and oxygen atoms in total. The molecule has 0 aliphatic heterocycles. The van der Waals surface area contributed by atoms with Crippen LogP contribution in [0.25, 0.3) is 0 Å². The fraction of sp³-hybridized carbons (Fsp3) is 0.417. The molecule has 0 unspecified atom stereocenters. The first kappa shape index (κ1) is 13.0. The van der Waals surface area contributed by atoms with Crippen LogP contribution in [0.5, 0.6) is 0 Å². The van der Waals surface area contributed by atoms with Crippen LogP contribution in [-0.4, -0.2) is 11.9 Å². The molecular formula is C12H17ClN2O. The van der Waals surface area contributed by atoms with Crippen molar-refractivity contribution in [2.45, 2.75) is 31.8 Å². The topological polar surface area (TPSA) is 55.1 Å². The first-order chi connectivity index (χ1) is 7.16. The molecule has 0 heterocycles. The summed E-state index contributed by atoms with van der Waals surface area (Å²) in [5.41, 5.74) is 7.50. The summed E-state index contributed by atoms with van der Waals surface area (Å²) >= 11 is 0. The molecular weight excluding hydrogens is 224 g/mol. The maximum atomic E-state index is 11.6. The Morgan fingerprint density at radius 3 is 2.38 bits per heavy atom. The Hall–Kier alpha value is -1.06. The van der Waals surface area contributed by atoms with Crippen LogP contribution in [0.3, 0.4) is 0 Å². The highest BCUT2D eigenvalue weighted by Gasteiger charge is 2.23. The summed E-state index contributed by atoms with van der Waals surface area (Å²) in [4.78, 5) is 11.6. The lowest BCUT2D eigenvalue weighted by molar-refractivity contribution is 0.0951. The summed E-state index contributed by atoms with van der Waals surface area (Å²) in [5, 5.41) is 2.95. The van der Waals surface area contributed by atoms with E-state index in [9.17, 15) is 4.79 Å². The van der Waals surface area contributed by atoms with Gasteiger partial charge in [0.1, 0.15) is 0 Å². The number of benzene rings is 1. The molecule has 1 aliphatic rings. The zero-order chi connectivity index (χ0) is 10.8. The quantitative estimate of drug-likeness (QED) is 0.849. The normalized spacial score (nSPS) is 16.1. The first-order valence-electron chi connectivity index (χ1n) is 5.33. The summed E-state index contributed by atoms with van der Waals surface area (Å²) in [7, 11) is 0. The van der Waals surface area contributed by atoms with Gasteiger partial charge in [-0.25, -0.2) is 0 Å². The minimum absolute atomic E-state index is 0. The smallest absolute Gasteiger partial charge is 0.251 e. The molecule has 1 aliphatic carbocycles. The number of halogens is 1. The van der Waals surface area contributed by atoms with Gasteiger partial charge in [-0.05, 0) is 37.5 Å². The molecule has 1 aromatic carbocycles. The molecule has 1 saturated carbocycles. The molecule has 1 amide bonds. The Morgan fingerprint density at radius 2 is 1.94 bits per heavy atom. The van der Waals surface area contributed by atoms with Crippen LogP contribution in [0.1, 0.15) is 41.7 Å². The number of hydrogen-bond donors (Lipinski definition) is 2. The zero-order valence-corrected chi connectivity index (χ0v) is 10.1. The minimum atomic E-state index is 0. The predicted octanol–water partition coefficient (Wildman–Crippen LogP) is 2.02. The monoisotopic (exact) mass is 240 g/mol. The maximum absolute atomic E-state index is 11.6. The van der Waals surface area contributed by atoms with E-state index in [-0.39, 0.29) is 24.4 Å². The molecule has 16 heavy (non-hydrogen) atoms. The van der Waals surface area contributed by atoms with E-state index in [4.69, 9.17) is 5.73 Å². The van der Waals surface area contributed by atoms with Gasteiger partial charge in [0.15, 0.2) is 0 Å². The van der Waals surface area contributed by atoms with Crippen LogP contribution < -0.4 is 11.1 Å². The molecule has 1 aromatic rings. The van der Waals surface area contributed by atoms with Crippen LogP contribution in [0.15, 0.2) is 24.3 Å². The second-order valence-electron chi connectivity index (χ2n) is 4.16. The van der Waals surface area contributed by atoms with Crippen molar-refractivity contribution < 1.29 is 4.79 Å². The van der Waals surface area contributed by atoms with Crippen LogP contribution in [0, 0.1) is 0 Å². The average molecular weight is 241 g/mol. The molecule has 2 rings (SSSR count). The molecule has 0 radical (unpaired) electrons. The highest BCUT2D eigenvalue weighted by molar-refractivity contribution is 5.94. The lowest BCUT2D eigenvalue weighted by Gasteiger charge is -2.07. The van der Waals surface area contributed by atoms with E-state index in [1.165, 1.54) is 0 Å². The Kier molecular flexibility index (Phi) is 4.33. The second kappa shape index (κ2) is 5.32. The number of hydrogen-bond acceptors (Lipinski definition) is 2. The summed E-state index contributed by atoms with van der Waals surface area (Å²) in [6.07, 6.45) is 2.23. The average Bonchev–Trinajstić information content (AvgIpc) is 3.02. The Labute approximate surface area is 102 Å². The van der Waals surface area contributed by atoms with Gasteiger partial charge >= 0.3 is 0 Å². The Morgan fingerprint density at radius 1 is 1.38 bits per heavy atom. The summed E-state index contributed by atoms with van der Waals surface area (Å²) in [6, 6.07) is 7.90. The molecule has 88 valence electrons. The number of rotatable bonds is 3. The van der Waals surface area contributed by atoms with Crippen molar-refractivity contribution in [3.63, 3.8) is 0 Å². The van der Waals surface area contributed by atoms with Gasteiger partial charge in [0.05, 0.1) is 0 Å². The van der Waals surface area contributed by atoms with Crippen molar-refractivity contribution in [3.05, 3.63) is 35.4 Å². The van der Waals surface area contributed by atoms with Crippen molar-refractivity contribution in [1.82, 2.24) is 5.32 Å². The first-order valence-corrected chi connectivity index (χ1v) is 5.33. The molecule has 4 heteroatoms. The molecule has 0 bridgehead atoms. The number of amides is 1. The van der Waals surface area contributed by atoms with Gasteiger partial charge in [0.25, 0.3) is 5.91 Å². The predicted molar refractivity (Wildman–Crippen MR) is 66.8 cm³/mol. The number of nitrogens with one attached hydrogen (secondary N) is 1. The molecule has 3 N–H and O–H groups in total. The van der Waals surface area contributed by atoms with Crippen molar-refractivity contribution in [2.24, 2.45) is 5.73 Å². The lowest BCUT2D eigenvalue weighted by Crippen LogP contribution is -2.25. The lowest BCUT2D eigenvalue weighted by atomic mass is 10.1. The SMILES string of the molecule is C[C@H](N)c1ccc(C(=O)NC2CC2)cc1.Cl. The summed E-state index contributed by atoms with van der Waals surface area (Å²) in [5.74, 6) is 0.0220. The molecule has 1 fully saturated rings. The van der Waals surface area contributed by atoms with Gasteiger partial charge in [-0.1, -0.05) is 12.1 Å². The Bertz CT molecular complexity index is 358. The third-order valence-electron chi connectivity index (χ3n) is 2.61. The highest BCUT2D eigenvalue weighted by atomic mass is 35.5. The van der Waals surface area contributed by atoms with Gasteiger partial charge < -0.3 is 11.1 Å². The van der Waals surface area contributed by atoms with E-state index in [2.05, 4.69) is 5.32 Å². The van der Waals surface area contributed by atoms with Crippen LogP contribution in [-0.2, 0) is 0 Å². The largest absolute Gasteiger partial charge is 0.349 e. The van der Waals surface area contributed by atoms with Gasteiger partial charge in [0.2, 0.25) is 0 Å². The molecule has 0 saturated heterocycles. The zero-order valence-electron chi connectivity index (χ0n) is 9.27. The minimum Gasteiger partial charge on any atom is -0.349 e. The van der Waals surface area contributed by atoms with Crippen molar-refractivity contribution >= 4 is 18.3 Å². The number of nitrogens with two attached hydrogens (primary N) is 1. The van der Waals surface area contributed by atoms with Gasteiger partial charge in [-0.3, -0.25) is 4.79 Å². The van der Waals surface area contributed by atoms with Crippen LogP contribution >= 0.6 is 12.4 Å². The summed E-state index contributed by atoms with van der Waals surface area (Å²) < 4.78 is 0. The van der Waals surface area contributed by atoms with E-state index in [0.717, 1.165) is 18.4 Å². The van der Waals surface area contributed by atoms with Crippen molar-refractivity contribution in [1.29, 1.82) is 0 Å². The number of carbonyl (C=O) groups excluding carboxylic acids is 1. The second-order valence-corrected chi connectivity index (χ2v) is 4.16. The van der Waals surface area contributed by atoms with Crippen molar-refractivity contribution in [2.75, 3.05) is 0 Å². The third kappa shape index (κ3) is 3.22. The maximum Gasteiger partial charge on any atom is 0.251 e. The van der Waals surface area contributed by atoms with Gasteiger partial charge in [-0.2, -0.15) is 0 Å². The molecule has 1 atom stereocenters.